The van der Waals surface area contributed by atoms with E-state index in [1.54, 1.807) is 12.1 Å². The van der Waals surface area contributed by atoms with Crippen LogP contribution in [0.4, 0.5) is 10.3 Å². The number of nitrogens with zero attached hydrogens (tertiary/aromatic N) is 4. The van der Waals surface area contributed by atoms with Gasteiger partial charge in [0, 0.05) is 35.2 Å². The normalized spacial score (nSPS) is 15.1. The average molecular weight is 420 g/mol. The first-order valence-electron chi connectivity index (χ1n) is 10.6. The summed E-state index contributed by atoms with van der Waals surface area (Å²) < 4.78 is 15.5. The Labute approximate surface area is 182 Å². The van der Waals surface area contributed by atoms with E-state index in [0.717, 1.165) is 45.9 Å². The summed E-state index contributed by atoms with van der Waals surface area (Å²) in [7, 11) is 0. The van der Waals surface area contributed by atoms with E-state index in [1.807, 2.05) is 16.7 Å². The van der Waals surface area contributed by atoms with Gasteiger partial charge in [0.2, 0.25) is 5.95 Å². The van der Waals surface area contributed by atoms with Crippen LogP contribution in [0.5, 0.6) is 0 Å². The number of anilines is 1. The van der Waals surface area contributed by atoms with Crippen LogP contribution < -0.4 is 5.73 Å². The molecular weight excluding hydrogens is 389 g/mol. The Morgan fingerprint density at radius 2 is 1.65 bits per heavy atom. The molecule has 0 spiro atoms. The molecule has 1 aliphatic heterocycles. The molecule has 0 fully saturated rings. The van der Waals surface area contributed by atoms with Crippen molar-refractivity contribution in [3.63, 3.8) is 0 Å². The van der Waals surface area contributed by atoms with E-state index in [9.17, 15) is 4.39 Å². The van der Waals surface area contributed by atoms with Gasteiger partial charge in [-0.25, -0.2) is 14.4 Å². The summed E-state index contributed by atoms with van der Waals surface area (Å²) in [5.41, 5.74) is 12.5. The quantitative estimate of drug-likeness (QED) is 0.570. The number of halogens is 1. The van der Waals surface area contributed by atoms with Gasteiger partial charge < -0.3 is 5.73 Å². The zero-order chi connectivity index (χ0) is 22.6. The highest BCUT2D eigenvalue weighted by atomic mass is 19.1. The number of pyridine rings is 1. The first kappa shape index (κ1) is 21.2. The number of hydrogen-bond donors (Lipinski definition) is 1. The maximum Gasteiger partial charge on any atom is 0.202 e. The summed E-state index contributed by atoms with van der Waals surface area (Å²) in [6.45, 7) is 13.7. The Morgan fingerprint density at radius 3 is 2.26 bits per heavy atom. The zero-order valence-corrected chi connectivity index (χ0v) is 19.1. The molecule has 0 saturated heterocycles. The van der Waals surface area contributed by atoms with Crippen molar-refractivity contribution in [3.05, 3.63) is 53.5 Å². The fourth-order valence-electron chi connectivity index (χ4n) is 3.80. The summed E-state index contributed by atoms with van der Waals surface area (Å²) in [6, 6.07) is 10.5. The van der Waals surface area contributed by atoms with E-state index < -0.39 is 0 Å². The molecule has 2 aromatic heterocycles. The highest BCUT2D eigenvalue weighted by Gasteiger charge is 2.29. The molecular formula is C25H30FN5. The van der Waals surface area contributed by atoms with E-state index in [1.165, 1.54) is 12.1 Å². The predicted molar refractivity (Wildman–Crippen MR) is 126 cm³/mol. The van der Waals surface area contributed by atoms with Crippen LogP contribution in [0.1, 0.15) is 59.2 Å². The minimum absolute atomic E-state index is 0.0356. The van der Waals surface area contributed by atoms with Crippen LogP contribution in [0.2, 0.25) is 0 Å². The molecule has 0 unspecified atom stereocenters. The lowest BCUT2D eigenvalue weighted by atomic mass is 9.86. The van der Waals surface area contributed by atoms with Gasteiger partial charge >= 0.3 is 0 Å². The molecule has 2 N–H and O–H groups in total. The number of nitrogens with two attached hydrogens (primary N) is 1. The molecule has 0 atom stereocenters. The van der Waals surface area contributed by atoms with Crippen LogP contribution in [0, 0.1) is 16.6 Å². The Balaban J connectivity index is 1.86. The maximum absolute atomic E-state index is 13.5. The SMILES string of the molecule is CC(C)(C)Cn1c(N)nc2ccc(C3=C(c4ccc(F)cc4)N=C(C(C)(C)C)C3)nc21. The van der Waals surface area contributed by atoms with Crippen molar-refractivity contribution in [2.75, 3.05) is 5.73 Å². The van der Waals surface area contributed by atoms with E-state index in [0.29, 0.717) is 12.4 Å². The molecule has 3 aromatic rings. The predicted octanol–water partition coefficient (Wildman–Crippen LogP) is 5.96. The highest BCUT2D eigenvalue weighted by Crippen LogP contribution is 2.39. The Morgan fingerprint density at radius 1 is 0.968 bits per heavy atom. The van der Waals surface area contributed by atoms with Crippen molar-refractivity contribution in [1.82, 2.24) is 14.5 Å². The monoisotopic (exact) mass is 419 g/mol. The van der Waals surface area contributed by atoms with Gasteiger partial charge in [-0.3, -0.25) is 9.56 Å². The van der Waals surface area contributed by atoms with Crippen molar-refractivity contribution in [2.45, 2.75) is 54.5 Å². The van der Waals surface area contributed by atoms with Gasteiger partial charge in [0.25, 0.3) is 0 Å². The molecule has 0 amide bonds. The van der Waals surface area contributed by atoms with E-state index in [-0.39, 0.29) is 16.6 Å². The van der Waals surface area contributed by atoms with Crippen molar-refractivity contribution in [2.24, 2.45) is 15.8 Å². The molecule has 31 heavy (non-hydrogen) atoms. The Kier molecular flexibility index (Phi) is 4.99. The molecule has 1 aromatic carbocycles. The van der Waals surface area contributed by atoms with Gasteiger partial charge in [0.15, 0.2) is 5.65 Å². The second-order valence-corrected chi connectivity index (χ2v) is 10.5. The van der Waals surface area contributed by atoms with Crippen LogP contribution in [0.15, 0.2) is 41.4 Å². The topological polar surface area (TPSA) is 69.1 Å². The number of benzene rings is 1. The number of aromatic nitrogens is 3. The molecule has 0 bridgehead atoms. The van der Waals surface area contributed by atoms with Gasteiger partial charge in [0.1, 0.15) is 11.3 Å². The minimum Gasteiger partial charge on any atom is -0.369 e. The third-order valence-electron chi connectivity index (χ3n) is 5.42. The third kappa shape index (κ3) is 4.24. The maximum atomic E-state index is 13.5. The highest BCUT2D eigenvalue weighted by molar-refractivity contribution is 6.11. The van der Waals surface area contributed by atoms with Crippen LogP contribution in [0.25, 0.3) is 22.4 Å². The second-order valence-electron chi connectivity index (χ2n) is 10.5. The Bertz CT molecular complexity index is 1200. The first-order valence-corrected chi connectivity index (χ1v) is 10.6. The van der Waals surface area contributed by atoms with Crippen molar-refractivity contribution < 1.29 is 4.39 Å². The van der Waals surface area contributed by atoms with Crippen molar-refractivity contribution in [1.29, 1.82) is 0 Å². The molecule has 0 aliphatic carbocycles. The lowest BCUT2D eigenvalue weighted by Gasteiger charge is -2.20. The van der Waals surface area contributed by atoms with Crippen LogP contribution >= 0.6 is 0 Å². The van der Waals surface area contributed by atoms with Gasteiger partial charge in [0.05, 0.1) is 11.4 Å². The van der Waals surface area contributed by atoms with Gasteiger partial charge in [-0.2, -0.15) is 0 Å². The summed E-state index contributed by atoms with van der Waals surface area (Å²) >= 11 is 0. The van der Waals surface area contributed by atoms with Crippen LogP contribution in [-0.2, 0) is 6.54 Å². The molecule has 3 heterocycles. The number of fused-ring (bicyclic) bond motifs is 1. The zero-order valence-electron chi connectivity index (χ0n) is 19.1. The lowest BCUT2D eigenvalue weighted by molar-refractivity contribution is 0.350. The minimum atomic E-state index is -0.259. The smallest absolute Gasteiger partial charge is 0.202 e. The number of aliphatic imine (C=N–C) groups is 1. The number of imidazole rings is 1. The number of hydrogen-bond acceptors (Lipinski definition) is 4. The van der Waals surface area contributed by atoms with Crippen LogP contribution in [0.3, 0.4) is 0 Å². The fraction of sp³-hybridized carbons (Fsp3) is 0.400. The average Bonchev–Trinajstić information content (AvgIpc) is 3.23. The van der Waals surface area contributed by atoms with Gasteiger partial charge in [-0.05, 0) is 41.8 Å². The van der Waals surface area contributed by atoms with Crippen molar-refractivity contribution in [3.8, 4) is 0 Å². The standard InChI is InChI=1S/C25H30FN5/c1-24(2,3)14-31-22-19(29-23(31)27)12-11-18(28-22)17-13-20(25(4,5)6)30-21(17)15-7-9-16(26)10-8-15/h7-12H,13-14H2,1-6H3,(H2,27,29). The molecule has 4 rings (SSSR count). The molecule has 5 nitrogen and oxygen atoms in total. The van der Waals surface area contributed by atoms with Gasteiger partial charge in [-0.15, -0.1) is 0 Å². The largest absolute Gasteiger partial charge is 0.369 e. The van der Waals surface area contributed by atoms with Crippen LogP contribution in [-0.4, -0.2) is 20.2 Å². The summed E-state index contributed by atoms with van der Waals surface area (Å²) in [6.07, 6.45) is 0.706. The van der Waals surface area contributed by atoms with Gasteiger partial charge in [-0.1, -0.05) is 41.5 Å². The number of nitrogen functional groups attached to an aromatic ring is 1. The first-order chi connectivity index (χ1) is 14.4. The molecule has 162 valence electrons. The van der Waals surface area contributed by atoms with E-state index >= 15 is 0 Å². The summed E-state index contributed by atoms with van der Waals surface area (Å²) in [5.74, 6) is 0.213. The molecule has 0 radical (unpaired) electrons. The summed E-state index contributed by atoms with van der Waals surface area (Å²) in [5, 5.41) is 0. The van der Waals surface area contributed by atoms with E-state index in [2.05, 4.69) is 46.5 Å². The fourth-order valence-corrected chi connectivity index (χ4v) is 3.80. The summed E-state index contributed by atoms with van der Waals surface area (Å²) in [4.78, 5) is 14.5. The Hall–Kier alpha value is -3.02. The van der Waals surface area contributed by atoms with Crippen molar-refractivity contribution >= 4 is 34.1 Å². The second kappa shape index (κ2) is 7.29. The molecule has 1 aliphatic rings. The third-order valence-corrected chi connectivity index (χ3v) is 5.42. The van der Waals surface area contributed by atoms with E-state index in [4.69, 9.17) is 15.7 Å². The number of allylic oxidation sites excluding steroid dienone is 1. The molecule has 0 saturated carbocycles. The number of rotatable bonds is 3. The molecule has 6 heteroatoms. The lowest BCUT2D eigenvalue weighted by Crippen LogP contribution is -2.18.